The maximum atomic E-state index is 13.5. The molecule has 0 unspecified atom stereocenters. The molecular formula is C24H20F3NO2. The molecule has 1 N–H and O–H groups in total. The van der Waals surface area contributed by atoms with Crippen molar-refractivity contribution < 1.29 is 23.1 Å². The molecule has 0 fully saturated rings. The summed E-state index contributed by atoms with van der Waals surface area (Å²) >= 11 is 0. The number of hydrogen-bond donors (Lipinski definition) is 1. The maximum absolute atomic E-state index is 13.5. The molecular weight excluding hydrogens is 391 g/mol. The van der Waals surface area contributed by atoms with Gasteiger partial charge in [-0.15, -0.1) is 0 Å². The zero-order chi connectivity index (χ0) is 21.6. The van der Waals surface area contributed by atoms with E-state index in [-0.39, 0.29) is 5.56 Å². The van der Waals surface area contributed by atoms with Crippen molar-refractivity contribution in [3.8, 4) is 0 Å². The van der Waals surface area contributed by atoms with E-state index in [4.69, 9.17) is 0 Å². The third kappa shape index (κ3) is 5.50. The van der Waals surface area contributed by atoms with E-state index in [9.17, 15) is 23.1 Å². The van der Waals surface area contributed by atoms with Crippen LogP contribution in [0.25, 0.3) is 5.57 Å². The highest BCUT2D eigenvalue weighted by atomic mass is 19.4. The molecule has 3 rings (SSSR count). The number of alkyl halides is 3. The van der Waals surface area contributed by atoms with E-state index in [1.807, 2.05) is 60.7 Å². The number of benzene rings is 3. The first-order chi connectivity index (χ1) is 14.3. The molecule has 30 heavy (non-hydrogen) atoms. The molecule has 3 nitrogen and oxygen atoms in total. The highest BCUT2D eigenvalue weighted by Crippen LogP contribution is 2.35. The molecule has 0 saturated heterocycles. The van der Waals surface area contributed by atoms with Crippen LogP contribution in [0.2, 0.25) is 0 Å². The average Bonchev–Trinajstić information content (AvgIpc) is 2.72. The van der Waals surface area contributed by atoms with Crippen LogP contribution < -0.4 is 0 Å². The fraction of sp³-hybridized carbons (Fsp3) is 0.125. The van der Waals surface area contributed by atoms with E-state index in [1.54, 1.807) is 4.90 Å². The fourth-order valence-electron chi connectivity index (χ4n) is 3.17. The molecule has 0 atom stereocenters. The maximum Gasteiger partial charge on any atom is 0.417 e. The molecule has 0 saturated carbocycles. The molecule has 0 radical (unpaired) electrons. The van der Waals surface area contributed by atoms with Crippen molar-refractivity contribution in [2.24, 2.45) is 0 Å². The van der Waals surface area contributed by atoms with Crippen LogP contribution in [0.15, 0.2) is 91.1 Å². The fourth-order valence-corrected chi connectivity index (χ4v) is 3.17. The minimum Gasteiger partial charge on any atom is -0.478 e. The Bertz CT molecular complexity index is 974. The first-order valence-electron chi connectivity index (χ1n) is 9.28. The Balaban J connectivity index is 2.05. The van der Waals surface area contributed by atoms with Crippen LogP contribution in [0.4, 0.5) is 13.2 Å². The van der Waals surface area contributed by atoms with Crippen molar-refractivity contribution >= 4 is 11.5 Å². The highest BCUT2D eigenvalue weighted by Gasteiger charge is 2.35. The molecule has 0 spiro atoms. The molecule has 154 valence electrons. The molecule has 0 aromatic heterocycles. The number of carboxylic acids is 1. The van der Waals surface area contributed by atoms with Gasteiger partial charge in [-0.25, -0.2) is 4.79 Å². The predicted octanol–water partition coefficient (Wildman–Crippen LogP) is 5.83. The van der Waals surface area contributed by atoms with Crippen molar-refractivity contribution in [2.75, 3.05) is 0 Å². The second-order valence-corrected chi connectivity index (χ2v) is 6.77. The monoisotopic (exact) mass is 411 g/mol. The zero-order valence-corrected chi connectivity index (χ0v) is 16.0. The van der Waals surface area contributed by atoms with Crippen molar-refractivity contribution in [2.45, 2.75) is 19.3 Å². The second-order valence-electron chi connectivity index (χ2n) is 6.77. The topological polar surface area (TPSA) is 40.5 Å². The van der Waals surface area contributed by atoms with Crippen LogP contribution in [-0.2, 0) is 24.1 Å². The first-order valence-corrected chi connectivity index (χ1v) is 9.28. The summed E-state index contributed by atoms with van der Waals surface area (Å²) in [6, 6.07) is 23.4. The van der Waals surface area contributed by atoms with E-state index in [0.717, 1.165) is 17.2 Å². The van der Waals surface area contributed by atoms with E-state index in [0.29, 0.717) is 13.1 Å². The average molecular weight is 411 g/mol. The molecule has 0 aliphatic heterocycles. The molecule has 3 aromatic carbocycles. The number of nitrogens with zero attached hydrogens (tertiary/aromatic N) is 1. The normalized spacial score (nSPS) is 11.9. The van der Waals surface area contributed by atoms with Crippen molar-refractivity contribution in [3.05, 3.63) is 113 Å². The Morgan fingerprint density at radius 1 is 0.800 bits per heavy atom. The van der Waals surface area contributed by atoms with Gasteiger partial charge in [0.1, 0.15) is 0 Å². The quantitative estimate of drug-likeness (QED) is 0.497. The minimum atomic E-state index is -4.66. The summed E-state index contributed by atoms with van der Waals surface area (Å²) < 4.78 is 40.4. The van der Waals surface area contributed by atoms with Crippen LogP contribution in [0.1, 0.15) is 22.3 Å². The van der Waals surface area contributed by atoms with Gasteiger partial charge in [-0.2, -0.15) is 13.2 Å². The number of rotatable bonds is 7. The van der Waals surface area contributed by atoms with Crippen LogP contribution in [0, 0.1) is 0 Å². The van der Waals surface area contributed by atoms with E-state index in [2.05, 4.69) is 0 Å². The van der Waals surface area contributed by atoms with Gasteiger partial charge < -0.3 is 10.0 Å². The third-order valence-corrected chi connectivity index (χ3v) is 4.52. The molecule has 6 heteroatoms. The Morgan fingerprint density at radius 3 is 1.73 bits per heavy atom. The van der Waals surface area contributed by atoms with Crippen molar-refractivity contribution in [1.82, 2.24) is 4.90 Å². The number of aliphatic carboxylic acids is 1. The Morgan fingerprint density at radius 2 is 1.27 bits per heavy atom. The smallest absolute Gasteiger partial charge is 0.417 e. The third-order valence-electron chi connectivity index (χ3n) is 4.52. The second kappa shape index (κ2) is 9.31. The van der Waals surface area contributed by atoms with Crippen molar-refractivity contribution in [1.29, 1.82) is 0 Å². The Hall–Kier alpha value is -3.54. The van der Waals surface area contributed by atoms with Gasteiger partial charge in [-0.05, 0) is 17.2 Å². The molecule has 0 aliphatic rings. The molecule has 0 amide bonds. The minimum absolute atomic E-state index is 0.348. The molecule has 0 aliphatic carbocycles. The first kappa shape index (κ1) is 21.2. The SMILES string of the molecule is O=C(O)/C(=C/N(Cc1ccccc1)Cc1ccccc1)c1ccccc1C(F)(F)F. The zero-order valence-electron chi connectivity index (χ0n) is 16.0. The standard InChI is InChI=1S/C24H20F3NO2/c25-24(26,27)22-14-8-7-13-20(22)21(23(29)30)17-28(15-18-9-3-1-4-10-18)16-19-11-5-2-6-12-19/h1-14,17H,15-16H2,(H,29,30)/b21-17+. The summed E-state index contributed by atoms with van der Waals surface area (Å²) in [5, 5.41) is 9.74. The lowest BCUT2D eigenvalue weighted by molar-refractivity contribution is -0.137. The summed E-state index contributed by atoms with van der Waals surface area (Å²) in [5.74, 6) is -1.42. The summed E-state index contributed by atoms with van der Waals surface area (Å²) in [7, 11) is 0. The molecule has 0 bridgehead atoms. The highest BCUT2D eigenvalue weighted by molar-refractivity contribution is 6.15. The predicted molar refractivity (Wildman–Crippen MR) is 109 cm³/mol. The van der Waals surface area contributed by atoms with E-state index < -0.39 is 23.3 Å². The summed E-state index contributed by atoms with van der Waals surface area (Å²) in [6.45, 7) is 0.696. The van der Waals surface area contributed by atoms with Gasteiger partial charge in [0.2, 0.25) is 0 Å². The number of carboxylic acid groups (broad SMARTS) is 1. The number of hydrogen-bond acceptors (Lipinski definition) is 2. The van der Waals surface area contributed by atoms with Gasteiger partial charge in [0.15, 0.2) is 0 Å². The van der Waals surface area contributed by atoms with Gasteiger partial charge >= 0.3 is 12.1 Å². The van der Waals surface area contributed by atoms with Gasteiger partial charge in [-0.1, -0.05) is 78.9 Å². The largest absolute Gasteiger partial charge is 0.478 e. The van der Waals surface area contributed by atoms with Gasteiger partial charge in [0.05, 0.1) is 11.1 Å². The Kier molecular flexibility index (Phi) is 6.57. The molecule has 3 aromatic rings. The van der Waals surface area contributed by atoms with Crippen LogP contribution in [-0.4, -0.2) is 16.0 Å². The van der Waals surface area contributed by atoms with Crippen LogP contribution in [0.3, 0.4) is 0 Å². The van der Waals surface area contributed by atoms with E-state index >= 15 is 0 Å². The lowest BCUT2D eigenvalue weighted by Gasteiger charge is -2.23. The summed E-state index contributed by atoms with van der Waals surface area (Å²) in [6.07, 6.45) is -3.36. The Labute approximate surface area is 172 Å². The van der Waals surface area contributed by atoms with Crippen molar-refractivity contribution in [3.63, 3.8) is 0 Å². The lowest BCUT2D eigenvalue weighted by atomic mass is 9.99. The van der Waals surface area contributed by atoms with Gasteiger partial charge in [-0.3, -0.25) is 0 Å². The van der Waals surface area contributed by atoms with Gasteiger partial charge in [0, 0.05) is 24.9 Å². The summed E-state index contributed by atoms with van der Waals surface area (Å²) in [5.41, 5.74) is 0.0912. The molecule has 0 heterocycles. The summed E-state index contributed by atoms with van der Waals surface area (Å²) in [4.78, 5) is 13.7. The van der Waals surface area contributed by atoms with E-state index in [1.165, 1.54) is 24.4 Å². The number of halogens is 3. The number of carbonyl (C=O) groups is 1. The van der Waals surface area contributed by atoms with Gasteiger partial charge in [0.25, 0.3) is 0 Å². The lowest BCUT2D eigenvalue weighted by Crippen LogP contribution is -2.19. The van der Waals surface area contributed by atoms with Crippen LogP contribution in [0.5, 0.6) is 0 Å². The van der Waals surface area contributed by atoms with Crippen LogP contribution >= 0.6 is 0 Å².